The highest BCUT2D eigenvalue weighted by Crippen LogP contribution is 2.34. The third-order valence-electron chi connectivity index (χ3n) is 10.0. The first-order valence-electron chi connectivity index (χ1n) is 18.6. The van der Waals surface area contributed by atoms with E-state index in [4.69, 9.17) is 14.2 Å². The maximum atomic E-state index is 11.7. The largest absolute Gasteiger partial charge is 0.455 e. The molecule has 5 unspecified atom stereocenters. The van der Waals surface area contributed by atoms with Gasteiger partial charge in [0.1, 0.15) is 6.10 Å². The zero-order valence-electron chi connectivity index (χ0n) is 28.1. The van der Waals surface area contributed by atoms with Gasteiger partial charge in [-0.05, 0) is 57.9 Å². The Morgan fingerprint density at radius 2 is 1.09 bits per heavy atom. The molecule has 0 bridgehead atoms. The van der Waals surface area contributed by atoms with Crippen molar-refractivity contribution in [2.45, 2.75) is 217 Å². The van der Waals surface area contributed by atoms with Gasteiger partial charge in [-0.1, -0.05) is 110 Å². The van der Waals surface area contributed by atoms with Crippen molar-refractivity contribution in [3.05, 3.63) is 11.6 Å². The molecule has 3 rings (SSSR count). The first kappa shape index (κ1) is 37.5. The monoisotopic (exact) mass is 622 g/mol. The van der Waals surface area contributed by atoms with Crippen LogP contribution in [0.3, 0.4) is 0 Å². The Morgan fingerprint density at radius 3 is 1.52 bits per heavy atom. The third kappa shape index (κ3) is 14.2. The van der Waals surface area contributed by atoms with Gasteiger partial charge >= 0.3 is 5.97 Å². The second kappa shape index (κ2) is 21.7. The van der Waals surface area contributed by atoms with E-state index in [2.05, 4.69) is 6.92 Å². The summed E-state index contributed by atoms with van der Waals surface area (Å²) in [5, 5.41) is 31.6. The molecule has 0 radical (unpaired) electrons. The summed E-state index contributed by atoms with van der Waals surface area (Å²) < 4.78 is 17.7. The minimum Gasteiger partial charge on any atom is -0.455 e. The first-order chi connectivity index (χ1) is 21.4. The zero-order valence-corrected chi connectivity index (χ0v) is 28.1. The number of carbonyl (C=O) groups excluding carboxylic acids is 1. The van der Waals surface area contributed by atoms with Gasteiger partial charge in [-0.25, -0.2) is 4.79 Å². The summed E-state index contributed by atoms with van der Waals surface area (Å²) in [7, 11) is 0. The topological polar surface area (TPSA) is 105 Å². The average Bonchev–Trinajstić information content (AvgIpc) is 3.75. The van der Waals surface area contributed by atoms with E-state index in [0.717, 1.165) is 77.0 Å². The molecule has 3 heterocycles. The lowest BCUT2D eigenvalue weighted by Crippen LogP contribution is -2.33. The Kier molecular flexibility index (Phi) is 18.5. The Balaban J connectivity index is 1.13. The summed E-state index contributed by atoms with van der Waals surface area (Å²) in [6.07, 6.45) is 26.1. The molecule has 0 aromatic carbocycles. The Bertz CT molecular complexity index is 801. The summed E-state index contributed by atoms with van der Waals surface area (Å²) in [6, 6.07) is 0. The molecule has 8 atom stereocenters. The van der Waals surface area contributed by atoms with Gasteiger partial charge in [0, 0.05) is 12.0 Å². The van der Waals surface area contributed by atoms with E-state index in [1.165, 1.54) is 70.6 Å². The molecule has 0 aromatic rings. The molecule has 2 fully saturated rings. The van der Waals surface area contributed by atoms with Crippen molar-refractivity contribution in [3.63, 3.8) is 0 Å². The van der Waals surface area contributed by atoms with Crippen molar-refractivity contribution in [1.82, 2.24) is 0 Å². The van der Waals surface area contributed by atoms with Crippen LogP contribution in [0.15, 0.2) is 11.6 Å². The lowest BCUT2D eigenvalue weighted by Gasteiger charge is -2.24. The summed E-state index contributed by atoms with van der Waals surface area (Å²) in [5.41, 5.74) is 0.617. The van der Waals surface area contributed by atoms with Crippen LogP contribution in [-0.4, -0.2) is 70.1 Å². The number of hydrogen-bond acceptors (Lipinski definition) is 7. The van der Waals surface area contributed by atoms with E-state index in [1.54, 1.807) is 0 Å². The number of aliphatic hydroxyl groups excluding tert-OH is 3. The van der Waals surface area contributed by atoms with Crippen molar-refractivity contribution in [2.75, 3.05) is 0 Å². The Labute approximate surface area is 268 Å². The molecular weight excluding hydrogens is 556 g/mol. The van der Waals surface area contributed by atoms with E-state index >= 15 is 0 Å². The molecule has 3 aliphatic heterocycles. The van der Waals surface area contributed by atoms with Gasteiger partial charge in [0.25, 0.3) is 0 Å². The van der Waals surface area contributed by atoms with Gasteiger partial charge in [-0.3, -0.25) is 0 Å². The molecule has 0 aliphatic carbocycles. The van der Waals surface area contributed by atoms with Crippen LogP contribution in [0.4, 0.5) is 0 Å². The second-order valence-corrected chi connectivity index (χ2v) is 14.0. The normalized spacial score (nSPS) is 27.4. The van der Waals surface area contributed by atoms with Gasteiger partial charge in [0.15, 0.2) is 0 Å². The Morgan fingerprint density at radius 1 is 0.659 bits per heavy atom. The minimum atomic E-state index is -0.463. The maximum absolute atomic E-state index is 11.7. The van der Waals surface area contributed by atoms with Crippen LogP contribution < -0.4 is 0 Å². The fraction of sp³-hybridized carbons (Fsp3) is 0.919. The van der Waals surface area contributed by atoms with Crippen molar-refractivity contribution in [1.29, 1.82) is 0 Å². The van der Waals surface area contributed by atoms with Crippen molar-refractivity contribution in [3.8, 4) is 0 Å². The van der Waals surface area contributed by atoms with E-state index < -0.39 is 12.2 Å². The fourth-order valence-electron chi connectivity index (χ4n) is 7.28. The molecule has 3 N–H and O–H groups in total. The molecule has 0 amide bonds. The third-order valence-corrected chi connectivity index (χ3v) is 10.0. The van der Waals surface area contributed by atoms with Crippen LogP contribution in [0.2, 0.25) is 0 Å². The lowest BCUT2D eigenvalue weighted by atomic mass is 10.00. The Hall–Kier alpha value is -0.990. The van der Waals surface area contributed by atoms with Gasteiger partial charge in [-0.2, -0.15) is 0 Å². The predicted octanol–water partition coefficient (Wildman–Crippen LogP) is 7.86. The van der Waals surface area contributed by atoms with Crippen molar-refractivity contribution >= 4 is 5.97 Å². The molecular formula is C37H66O7. The van der Waals surface area contributed by atoms with Gasteiger partial charge < -0.3 is 29.5 Å². The van der Waals surface area contributed by atoms with Crippen LogP contribution >= 0.6 is 0 Å². The highest BCUT2D eigenvalue weighted by atomic mass is 16.6. The van der Waals surface area contributed by atoms with Crippen molar-refractivity contribution in [2.24, 2.45) is 0 Å². The molecule has 0 spiro atoms. The molecule has 3 aliphatic rings. The van der Waals surface area contributed by atoms with E-state index in [-0.39, 0.29) is 42.6 Å². The average molecular weight is 623 g/mol. The number of esters is 1. The molecule has 44 heavy (non-hydrogen) atoms. The number of aliphatic hydroxyl groups is 3. The number of carbonyl (C=O) groups is 1. The highest BCUT2D eigenvalue weighted by Gasteiger charge is 2.40. The molecule has 7 heteroatoms. The van der Waals surface area contributed by atoms with E-state index in [1.807, 2.05) is 13.0 Å². The smallest absolute Gasteiger partial charge is 0.334 e. The quantitative estimate of drug-likeness (QED) is 0.0703. The van der Waals surface area contributed by atoms with Gasteiger partial charge in [-0.15, -0.1) is 0 Å². The number of ether oxygens (including phenoxy) is 3. The highest BCUT2D eigenvalue weighted by molar-refractivity contribution is 5.90. The van der Waals surface area contributed by atoms with Gasteiger partial charge in [0.05, 0.1) is 42.7 Å². The second-order valence-electron chi connectivity index (χ2n) is 14.0. The maximum Gasteiger partial charge on any atom is 0.334 e. The SMILES string of the molecule is CCCCCCCCCCC(O)C1CC[C@@H]([C@@H]2CCC(C(O)CCCCCCCCCCC(O)CC3=C[C@H](C)OC3=O)O2)O1. The van der Waals surface area contributed by atoms with Crippen LogP contribution in [0.1, 0.15) is 168 Å². The number of cyclic esters (lactones) is 1. The van der Waals surface area contributed by atoms with E-state index in [0.29, 0.717) is 12.0 Å². The molecule has 256 valence electrons. The van der Waals surface area contributed by atoms with Crippen LogP contribution in [0.25, 0.3) is 0 Å². The first-order valence-corrected chi connectivity index (χ1v) is 18.6. The molecule has 2 saturated heterocycles. The summed E-state index contributed by atoms with van der Waals surface area (Å²) >= 11 is 0. The standard InChI is InChI=1S/C37H66O7/c1-3-4-5-6-7-11-14-17-20-31(39)33-22-24-35(43-33)36-25-23-34(44-36)32(40)21-18-15-12-9-8-10-13-16-19-30(38)27-29-26-28(2)42-37(29)41/h26,28,30-36,38-40H,3-25,27H2,1-2H3/t28-,30?,31?,32?,33?,34?,35-,36-/m0/s1. The van der Waals surface area contributed by atoms with Crippen LogP contribution in [-0.2, 0) is 19.0 Å². The van der Waals surface area contributed by atoms with Crippen LogP contribution in [0.5, 0.6) is 0 Å². The van der Waals surface area contributed by atoms with Crippen molar-refractivity contribution < 1.29 is 34.3 Å². The molecule has 7 nitrogen and oxygen atoms in total. The number of hydrogen-bond donors (Lipinski definition) is 3. The molecule has 0 saturated carbocycles. The summed E-state index contributed by atoms with van der Waals surface area (Å²) in [6.45, 7) is 4.09. The summed E-state index contributed by atoms with van der Waals surface area (Å²) in [4.78, 5) is 11.7. The predicted molar refractivity (Wildman–Crippen MR) is 175 cm³/mol. The minimum absolute atomic E-state index is 0.0519. The van der Waals surface area contributed by atoms with E-state index in [9.17, 15) is 20.1 Å². The fourth-order valence-corrected chi connectivity index (χ4v) is 7.28. The summed E-state index contributed by atoms with van der Waals surface area (Å²) in [5.74, 6) is -0.281. The lowest BCUT2D eigenvalue weighted by molar-refractivity contribution is -0.139. The zero-order chi connectivity index (χ0) is 31.6. The number of unbranched alkanes of at least 4 members (excludes halogenated alkanes) is 14. The van der Waals surface area contributed by atoms with Gasteiger partial charge in [0.2, 0.25) is 0 Å². The number of rotatable bonds is 25. The van der Waals surface area contributed by atoms with Crippen LogP contribution in [0, 0.1) is 0 Å². The molecule has 0 aromatic heterocycles.